The molecule has 0 aliphatic heterocycles. The highest BCUT2D eigenvalue weighted by Gasteiger charge is 2.33. The highest BCUT2D eigenvalue weighted by molar-refractivity contribution is 7.90. The molecule has 0 aliphatic rings. The Morgan fingerprint density at radius 2 is 1.94 bits per heavy atom. The van der Waals surface area contributed by atoms with E-state index in [0.29, 0.717) is 26.1 Å². The van der Waals surface area contributed by atoms with Gasteiger partial charge < -0.3 is 5.73 Å². The number of hydrogen-bond acceptors (Lipinski definition) is 4. The SMILES string of the molecule is CCC(C#N)S(=O)(=O)N(CC)CC(C)(C)CN. The van der Waals surface area contributed by atoms with Crippen LogP contribution in [-0.2, 0) is 10.0 Å². The van der Waals surface area contributed by atoms with Crippen LogP contribution in [-0.4, -0.2) is 37.6 Å². The Morgan fingerprint density at radius 3 is 2.24 bits per heavy atom. The molecule has 0 radical (unpaired) electrons. The van der Waals surface area contributed by atoms with Crippen molar-refractivity contribution in [1.29, 1.82) is 5.26 Å². The van der Waals surface area contributed by atoms with Crippen molar-refractivity contribution in [2.45, 2.75) is 39.4 Å². The molecule has 0 aromatic carbocycles. The van der Waals surface area contributed by atoms with E-state index in [9.17, 15) is 8.42 Å². The van der Waals surface area contributed by atoms with Crippen molar-refractivity contribution in [1.82, 2.24) is 4.31 Å². The molecule has 5 nitrogen and oxygen atoms in total. The van der Waals surface area contributed by atoms with Crippen LogP contribution in [0.1, 0.15) is 34.1 Å². The van der Waals surface area contributed by atoms with Crippen LogP contribution in [0.5, 0.6) is 0 Å². The average molecular weight is 261 g/mol. The average Bonchev–Trinajstić information content (AvgIpc) is 2.27. The van der Waals surface area contributed by atoms with Gasteiger partial charge in [-0.05, 0) is 18.4 Å². The Kier molecular flexibility index (Phi) is 6.10. The summed E-state index contributed by atoms with van der Waals surface area (Å²) >= 11 is 0. The molecule has 2 N–H and O–H groups in total. The Hall–Kier alpha value is -0.640. The van der Waals surface area contributed by atoms with Crippen LogP contribution in [0.3, 0.4) is 0 Å². The number of nitrogens with two attached hydrogens (primary N) is 1. The fourth-order valence-electron chi connectivity index (χ4n) is 1.47. The van der Waals surface area contributed by atoms with Crippen LogP contribution in [0.25, 0.3) is 0 Å². The fourth-order valence-corrected chi connectivity index (χ4v) is 3.28. The summed E-state index contributed by atoms with van der Waals surface area (Å²) < 4.78 is 25.7. The lowest BCUT2D eigenvalue weighted by molar-refractivity contribution is 0.272. The second kappa shape index (κ2) is 6.34. The van der Waals surface area contributed by atoms with Crippen molar-refractivity contribution in [2.75, 3.05) is 19.6 Å². The van der Waals surface area contributed by atoms with E-state index in [-0.39, 0.29) is 5.41 Å². The molecular weight excluding hydrogens is 238 g/mol. The summed E-state index contributed by atoms with van der Waals surface area (Å²) in [5.41, 5.74) is 5.33. The first-order valence-electron chi connectivity index (χ1n) is 5.83. The van der Waals surface area contributed by atoms with Crippen molar-refractivity contribution in [3.8, 4) is 6.07 Å². The minimum Gasteiger partial charge on any atom is -0.330 e. The second-order valence-corrected chi connectivity index (χ2v) is 6.98. The third kappa shape index (κ3) is 4.26. The van der Waals surface area contributed by atoms with Gasteiger partial charge in [-0.1, -0.05) is 27.7 Å². The van der Waals surface area contributed by atoms with Crippen LogP contribution >= 0.6 is 0 Å². The van der Waals surface area contributed by atoms with Gasteiger partial charge in [0.15, 0.2) is 5.25 Å². The van der Waals surface area contributed by atoms with Crippen molar-refractivity contribution >= 4 is 10.0 Å². The molecule has 100 valence electrons. The molecule has 17 heavy (non-hydrogen) atoms. The van der Waals surface area contributed by atoms with Gasteiger partial charge in [-0.2, -0.15) is 5.26 Å². The molecule has 0 aromatic rings. The minimum absolute atomic E-state index is 0.281. The van der Waals surface area contributed by atoms with E-state index in [0.717, 1.165) is 0 Å². The van der Waals surface area contributed by atoms with Crippen molar-refractivity contribution in [2.24, 2.45) is 11.1 Å². The largest absolute Gasteiger partial charge is 0.330 e. The van der Waals surface area contributed by atoms with E-state index in [2.05, 4.69) is 0 Å². The Morgan fingerprint density at radius 1 is 1.41 bits per heavy atom. The number of nitrogens with zero attached hydrogens (tertiary/aromatic N) is 2. The Labute approximate surface area is 105 Å². The lowest BCUT2D eigenvalue weighted by Crippen LogP contribution is -2.45. The summed E-state index contributed by atoms with van der Waals surface area (Å²) in [4.78, 5) is 0. The monoisotopic (exact) mass is 261 g/mol. The van der Waals surface area contributed by atoms with E-state index < -0.39 is 15.3 Å². The van der Waals surface area contributed by atoms with Gasteiger partial charge in [-0.25, -0.2) is 12.7 Å². The van der Waals surface area contributed by atoms with Crippen LogP contribution in [0.2, 0.25) is 0 Å². The van der Waals surface area contributed by atoms with E-state index in [4.69, 9.17) is 11.0 Å². The second-order valence-electron chi connectivity index (χ2n) is 4.87. The first-order chi connectivity index (χ1) is 7.75. The molecule has 0 aromatic heterocycles. The van der Waals surface area contributed by atoms with E-state index in [1.54, 1.807) is 13.8 Å². The summed E-state index contributed by atoms with van der Waals surface area (Å²) in [7, 11) is -3.54. The molecule has 0 aliphatic carbocycles. The molecule has 0 spiro atoms. The maximum Gasteiger partial charge on any atom is 0.230 e. The fraction of sp³-hybridized carbons (Fsp3) is 0.909. The molecule has 0 saturated carbocycles. The Balaban J connectivity index is 5.08. The molecule has 1 atom stereocenters. The van der Waals surface area contributed by atoms with Gasteiger partial charge in [-0.15, -0.1) is 0 Å². The molecule has 0 rings (SSSR count). The maximum atomic E-state index is 12.2. The minimum atomic E-state index is -3.54. The summed E-state index contributed by atoms with van der Waals surface area (Å²) in [6, 6.07) is 1.85. The van der Waals surface area contributed by atoms with Gasteiger partial charge >= 0.3 is 0 Å². The zero-order chi connectivity index (χ0) is 13.7. The van der Waals surface area contributed by atoms with Crippen molar-refractivity contribution in [3.05, 3.63) is 0 Å². The number of sulfonamides is 1. The smallest absolute Gasteiger partial charge is 0.230 e. The van der Waals surface area contributed by atoms with Gasteiger partial charge in [-0.3, -0.25) is 0 Å². The van der Waals surface area contributed by atoms with Crippen LogP contribution in [0.15, 0.2) is 0 Å². The third-order valence-electron chi connectivity index (χ3n) is 2.74. The summed E-state index contributed by atoms with van der Waals surface area (Å²) in [5, 5.41) is 7.92. The predicted molar refractivity (Wildman–Crippen MR) is 68.7 cm³/mol. The Bertz CT molecular complexity index is 371. The summed E-state index contributed by atoms with van der Waals surface area (Å²) in [6.07, 6.45) is 0.304. The molecule has 0 heterocycles. The van der Waals surface area contributed by atoms with Gasteiger partial charge in [0, 0.05) is 13.1 Å². The topological polar surface area (TPSA) is 87.2 Å². The molecule has 6 heteroatoms. The van der Waals surface area contributed by atoms with Crippen molar-refractivity contribution in [3.63, 3.8) is 0 Å². The first kappa shape index (κ1) is 16.4. The van der Waals surface area contributed by atoms with E-state index in [1.807, 2.05) is 19.9 Å². The van der Waals surface area contributed by atoms with Crippen molar-refractivity contribution < 1.29 is 8.42 Å². The lowest BCUT2D eigenvalue weighted by Gasteiger charge is -2.31. The zero-order valence-electron chi connectivity index (χ0n) is 11.1. The molecule has 1 unspecified atom stereocenters. The van der Waals surface area contributed by atoms with Gasteiger partial charge in [0.25, 0.3) is 0 Å². The first-order valence-corrected chi connectivity index (χ1v) is 7.34. The number of rotatable bonds is 7. The highest BCUT2D eigenvalue weighted by Crippen LogP contribution is 2.20. The van der Waals surface area contributed by atoms with Gasteiger partial charge in [0.05, 0.1) is 6.07 Å². The molecule has 0 fully saturated rings. The number of nitriles is 1. The maximum absolute atomic E-state index is 12.2. The van der Waals surface area contributed by atoms with Gasteiger partial charge in [0.2, 0.25) is 10.0 Å². The van der Waals surface area contributed by atoms with Gasteiger partial charge in [0.1, 0.15) is 0 Å². The van der Waals surface area contributed by atoms with E-state index >= 15 is 0 Å². The normalized spacial score (nSPS) is 14.6. The summed E-state index contributed by atoms with van der Waals surface area (Å²) in [5.74, 6) is 0. The van der Waals surface area contributed by atoms with Crippen LogP contribution in [0.4, 0.5) is 0 Å². The molecule has 0 bridgehead atoms. The molecular formula is C11H23N3O2S. The predicted octanol–water partition coefficient (Wildman–Crippen LogP) is 0.925. The standard InChI is InChI=1S/C11H23N3O2S/c1-5-10(7-12)17(15,16)14(6-2)9-11(3,4)8-13/h10H,5-6,8-9,13H2,1-4H3. The lowest BCUT2D eigenvalue weighted by atomic mass is 9.94. The molecule has 0 amide bonds. The number of hydrogen-bond donors (Lipinski definition) is 1. The molecule has 0 saturated heterocycles. The third-order valence-corrected chi connectivity index (χ3v) is 5.01. The van der Waals surface area contributed by atoms with E-state index in [1.165, 1.54) is 4.31 Å². The zero-order valence-corrected chi connectivity index (χ0v) is 11.9. The quantitative estimate of drug-likeness (QED) is 0.738. The van der Waals surface area contributed by atoms with Crippen LogP contribution in [0, 0.1) is 16.7 Å². The van der Waals surface area contributed by atoms with Crippen LogP contribution < -0.4 is 5.73 Å². The summed E-state index contributed by atoms with van der Waals surface area (Å²) in [6.45, 7) is 8.42. The highest BCUT2D eigenvalue weighted by atomic mass is 32.2.